The van der Waals surface area contributed by atoms with Gasteiger partial charge in [-0.15, -0.1) is 0 Å². The molecule has 1 spiro atoms. The summed E-state index contributed by atoms with van der Waals surface area (Å²) in [5.74, 6) is 0.252. The van der Waals surface area contributed by atoms with E-state index in [1.54, 1.807) is 4.68 Å². The average Bonchev–Trinajstić information content (AvgIpc) is 3.12. The van der Waals surface area contributed by atoms with Crippen molar-refractivity contribution >= 4 is 5.91 Å². The third kappa shape index (κ3) is 3.58. The fraction of sp³-hybridized carbons (Fsp3) is 0.765. The maximum absolute atomic E-state index is 12.3. The number of aromatic nitrogens is 2. The highest BCUT2D eigenvalue weighted by Crippen LogP contribution is 2.39. The lowest BCUT2D eigenvalue weighted by atomic mass is 9.86. The smallest absolute Gasteiger partial charge is 0.269 e. The van der Waals surface area contributed by atoms with Crippen molar-refractivity contribution in [2.75, 3.05) is 13.2 Å². The number of nitrogens with one attached hydrogen (secondary N) is 1. The number of aryl methyl sites for hydroxylation is 2. The van der Waals surface area contributed by atoms with E-state index in [1.165, 1.54) is 0 Å². The van der Waals surface area contributed by atoms with Gasteiger partial charge in [0.25, 0.3) is 5.91 Å². The molecule has 1 atom stereocenters. The fourth-order valence-electron chi connectivity index (χ4n) is 3.45. The molecular formula is C17H27N3O3. The molecule has 0 unspecified atom stereocenters. The van der Waals surface area contributed by atoms with Gasteiger partial charge in [0.05, 0.1) is 12.3 Å². The summed E-state index contributed by atoms with van der Waals surface area (Å²) in [4.78, 5) is 12.3. The summed E-state index contributed by atoms with van der Waals surface area (Å²) >= 11 is 0. The van der Waals surface area contributed by atoms with Crippen LogP contribution in [0.2, 0.25) is 0 Å². The van der Waals surface area contributed by atoms with Gasteiger partial charge in [-0.05, 0) is 38.7 Å². The standard InChI is InChI=1S/C17H27N3O3/c1-4-20-15(9-13(3)19-20)16(21)18-10-14-11-22-17(23-14)7-5-12(2)6-8-17/h9,12,14H,4-8,10-11H2,1-3H3,(H,18,21)/t12?,14-,17?/m0/s1. The Labute approximate surface area is 137 Å². The van der Waals surface area contributed by atoms with Gasteiger partial charge >= 0.3 is 0 Å². The van der Waals surface area contributed by atoms with Gasteiger partial charge in [0.15, 0.2) is 5.79 Å². The molecule has 1 saturated heterocycles. The molecule has 2 heterocycles. The van der Waals surface area contributed by atoms with Crippen molar-refractivity contribution in [3.05, 3.63) is 17.5 Å². The Morgan fingerprint density at radius 3 is 2.91 bits per heavy atom. The maximum atomic E-state index is 12.3. The van der Waals surface area contributed by atoms with Crippen molar-refractivity contribution < 1.29 is 14.3 Å². The van der Waals surface area contributed by atoms with Crippen LogP contribution in [0, 0.1) is 12.8 Å². The van der Waals surface area contributed by atoms with Gasteiger partial charge < -0.3 is 14.8 Å². The van der Waals surface area contributed by atoms with Gasteiger partial charge in [-0.25, -0.2) is 0 Å². The molecule has 6 heteroatoms. The Kier molecular flexibility index (Phi) is 4.73. The first kappa shape index (κ1) is 16.5. The van der Waals surface area contributed by atoms with Crippen LogP contribution in [0.5, 0.6) is 0 Å². The highest BCUT2D eigenvalue weighted by molar-refractivity contribution is 5.92. The SMILES string of the molecule is CCn1nc(C)cc1C(=O)NC[C@H]1COC2(CCC(C)CC2)O1. The van der Waals surface area contributed by atoms with E-state index >= 15 is 0 Å². The molecule has 6 nitrogen and oxygen atoms in total. The van der Waals surface area contributed by atoms with Gasteiger partial charge in [-0.2, -0.15) is 5.10 Å². The number of carbonyl (C=O) groups excluding carboxylic acids is 1. The molecule has 1 N–H and O–H groups in total. The summed E-state index contributed by atoms with van der Waals surface area (Å²) in [5, 5.41) is 7.26. The minimum atomic E-state index is -0.399. The minimum Gasteiger partial charge on any atom is -0.348 e. The summed E-state index contributed by atoms with van der Waals surface area (Å²) in [7, 11) is 0. The van der Waals surface area contributed by atoms with E-state index in [9.17, 15) is 4.79 Å². The first-order valence-corrected chi connectivity index (χ1v) is 8.66. The second-order valence-electron chi connectivity index (χ2n) is 6.84. The van der Waals surface area contributed by atoms with Crippen LogP contribution in [0.3, 0.4) is 0 Å². The first-order chi connectivity index (χ1) is 11.0. The molecule has 1 aromatic rings. The summed E-state index contributed by atoms with van der Waals surface area (Å²) in [5.41, 5.74) is 1.46. The van der Waals surface area contributed by atoms with Crippen LogP contribution in [0.1, 0.15) is 55.7 Å². The maximum Gasteiger partial charge on any atom is 0.269 e. The number of nitrogens with zero attached hydrogens (tertiary/aromatic N) is 2. The number of carbonyl (C=O) groups is 1. The van der Waals surface area contributed by atoms with Crippen molar-refractivity contribution in [3.8, 4) is 0 Å². The molecule has 2 aliphatic rings. The molecule has 23 heavy (non-hydrogen) atoms. The van der Waals surface area contributed by atoms with E-state index in [0.717, 1.165) is 37.3 Å². The van der Waals surface area contributed by atoms with E-state index in [4.69, 9.17) is 9.47 Å². The van der Waals surface area contributed by atoms with Crippen molar-refractivity contribution in [1.82, 2.24) is 15.1 Å². The zero-order valence-corrected chi connectivity index (χ0v) is 14.3. The lowest BCUT2D eigenvalue weighted by molar-refractivity contribution is -0.191. The molecule has 1 saturated carbocycles. The van der Waals surface area contributed by atoms with Crippen LogP contribution in [-0.4, -0.2) is 40.7 Å². The summed E-state index contributed by atoms with van der Waals surface area (Å²) in [6, 6.07) is 1.81. The second kappa shape index (κ2) is 6.61. The molecule has 0 bridgehead atoms. The van der Waals surface area contributed by atoms with Crippen LogP contribution < -0.4 is 5.32 Å². The number of rotatable bonds is 4. The van der Waals surface area contributed by atoms with Gasteiger partial charge in [0.1, 0.15) is 11.8 Å². The lowest BCUT2D eigenvalue weighted by Crippen LogP contribution is -2.38. The largest absolute Gasteiger partial charge is 0.348 e. The van der Waals surface area contributed by atoms with Crippen molar-refractivity contribution in [2.24, 2.45) is 5.92 Å². The van der Waals surface area contributed by atoms with Gasteiger partial charge in [0.2, 0.25) is 0 Å². The highest BCUT2D eigenvalue weighted by Gasteiger charge is 2.43. The van der Waals surface area contributed by atoms with Crippen LogP contribution >= 0.6 is 0 Å². The molecule has 0 radical (unpaired) electrons. The Morgan fingerprint density at radius 2 is 2.22 bits per heavy atom. The van der Waals surface area contributed by atoms with E-state index in [0.29, 0.717) is 25.4 Å². The molecule has 3 rings (SSSR count). The summed E-state index contributed by atoms with van der Waals surface area (Å²) in [6.45, 7) is 7.86. The molecule has 128 valence electrons. The highest BCUT2D eigenvalue weighted by atomic mass is 16.7. The van der Waals surface area contributed by atoms with Crippen molar-refractivity contribution in [1.29, 1.82) is 0 Å². The number of amides is 1. The first-order valence-electron chi connectivity index (χ1n) is 8.66. The zero-order valence-electron chi connectivity index (χ0n) is 14.3. The molecule has 0 aromatic carbocycles. The van der Waals surface area contributed by atoms with Crippen molar-refractivity contribution in [2.45, 2.75) is 64.9 Å². The van der Waals surface area contributed by atoms with Gasteiger partial charge in [-0.3, -0.25) is 9.48 Å². The van der Waals surface area contributed by atoms with E-state index in [1.807, 2.05) is 19.9 Å². The normalized spacial score (nSPS) is 30.7. The molecule has 1 amide bonds. The van der Waals surface area contributed by atoms with Crippen LogP contribution in [0.15, 0.2) is 6.07 Å². The third-order valence-corrected chi connectivity index (χ3v) is 4.87. The second-order valence-corrected chi connectivity index (χ2v) is 6.84. The van der Waals surface area contributed by atoms with Crippen molar-refractivity contribution in [3.63, 3.8) is 0 Å². The number of ether oxygens (including phenoxy) is 2. The molecule has 2 fully saturated rings. The summed E-state index contributed by atoms with van der Waals surface area (Å²) in [6.07, 6.45) is 4.15. The Bertz CT molecular complexity index is 561. The zero-order chi connectivity index (χ0) is 16.4. The topological polar surface area (TPSA) is 65.4 Å². The van der Waals surface area contributed by atoms with E-state index in [-0.39, 0.29) is 12.0 Å². The average molecular weight is 321 g/mol. The lowest BCUT2D eigenvalue weighted by Gasteiger charge is -2.34. The number of hydrogen-bond donors (Lipinski definition) is 1. The monoisotopic (exact) mass is 321 g/mol. The predicted molar refractivity (Wildman–Crippen MR) is 86.2 cm³/mol. The van der Waals surface area contributed by atoms with Crippen LogP contribution in [0.25, 0.3) is 0 Å². The Hall–Kier alpha value is -1.40. The molecule has 1 aliphatic carbocycles. The van der Waals surface area contributed by atoms with Gasteiger partial charge in [0, 0.05) is 25.9 Å². The quantitative estimate of drug-likeness (QED) is 0.924. The van der Waals surface area contributed by atoms with Crippen LogP contribution in [-0.2, 0) is 16.0 Å². The van der Waals surface area contributed by atoms with Gasteiger partial charge in [-0.1, -0.05) is 6.92 Å². The van der Waals surface area contributed by atoms with E-state index in [2.05, 4.69) is 17.3 Å². The fourth-order valence-corrected chi connectivity index (χ4v) is 3.45. The minimum absolute atomic E-state index is 0.0635. The molecule has 1 aliphatic heterocycles. The van der Waals surface area contributed by atoms with Crippen LogP contribution in [0.4, 0.5) is 0 Å². The van der Waals surface area contributed by atoms with E-state index < -0.39 is 5.79 Å². The number of hydrogen-bond acceptors (Lipinski definition) is 4. The summed E-state index contributed by atoms with van der Waals surface area (Å²) < 4.78 is 13.8. The Balaban J connectivity index is 1.52. The Morgan fingerprint density at radius 1 is 1.48 bits per heavy atom. The molecule has 1 aromatic heterocycles. The molecular weight excluding hydrogens is 294 g/mol. The predicted octanol–water partition coefficient (Wildman–Crippen LogP) is 2.26. The third-order valence-electron chi connectivity index (χ3n) is 4.87.